The smallest absolute Gasteiger partial charge is 0.249 e. The zero-order valence-corrected chi connectivity index (χ0v) is 13.6. The molecule has 5 N–H and O–H groups in total. The third kappa shape index (κ3) is 3.34. The third-order valence-corrected chi connectivity index (χ3v) is 4.34. The van der Waals surface area contributed by atoms with Crippen molar-refractivity contribution in [2.75, 3.05) is 6.54 Å². The molecule has 0 aliphatic carbocycles. The van der Waals surface area contributed by atoms with Crippen LogP contribution >= 0.6 is 0 Å². The second-order valence-electron chi connectivity index (χ2n) is 6.02. The Bertz CT molecular complexity index is 843. The summed E-state index contributed by atoms with van der Waals surface area (Å²) >= 11 is 0. The van der Waals surface area contributed by atoms with Crippen molar-refractivity contribution in [1.29, 1.82) is 0 Å². The molecular weight excluding hydrogens is 324 g/mol. The van der Waals surface area contributed by atoms with Gasteiger partial charge in [0.1, 0.15) is 6.04 Å². The summed E-state index contributed by atoms with van der Waals surface area (Å²) in [6, 6.07) is 4.74. The van der Waals surface area contributed by atoms with Crippen LogP contribution in [0.5, 0.6) is 5.88 Å². The van der Waals surface area contributed by atoms with Gasteiger partial charge in [-0.2, -0.15) is 0 Å². The highest BCUT2D eigenvalue weighted by Crippen LogP contribution is 2.34. The Morgan fingerprint density at radius 1 is 1.36 bits per heavy atom. The molecule has 3 rings (SSSR count). The molecule has 1 fully saturated rings. The summed E-state index contributed by atoms with van der Waals surface area (Å²) in [6.45, 7) is 0.581. The van der Waals surface area contributed by atoms with Gasteiger partial charge in [0.25, 0.3) is 0 Å². The van der Waals surface area contributed by atoms with Crippen LogP contribution in [0.4, 0.5) is 0 Å². The lowest BCUT2D eigenvalue weighted by molar-refractivity contribution is -0.135. The fourth-order valence-corrected chi connectivity index (χ4v) is 3.05. The SMILES string of the molecule is NCCC(=O)NCc1cccc2c(O)n(C3CCC(=O)NC3=O)cc12. The summed E-state index contributed by atoms with van der Waals surface area (Å²) in [5, 5.41) is 16.9. The lowest BCUT2D eigenvalue weighted by Crippen LogP contribution is -2.41. The first-order valence-electron chi connectivity index (χ1n) is 8.13. The van der Waals surface area contributed by atoms with Gasteiger partial charge < -0.3 is 20.7 Å². The van der Waals surface area contributed by atoms with Crippen LogP contribution in [-0.2, 0) is 20.9 Å². The number of rotatable bonds is 5. The summed E-state index contributed by atoms with van der Waals surface area (Å²) in [4.78, 5) is 35.0. The van der Waals surface area contributed by atoms with Crippen molar-refractivity contribution in [2.24, 2.45) is 5.73 Å². The topological polar surface area (TPSA) is 126 Å². The van der Waals surface area contributed by atoms with E-state index in [9.17, 15) is 19.5 Å². The number of fused-ring (bicyclic) bond motifs is 1. The molecule has 132 valence electrons. The molecule has 8 heteroatoms. The van der Waals surface area contributed by atoms with Gasteiger partial charge in [-0.25, -0.2) is 0 Å². The highest BCUT2D eigenvalue weighted by Gasteiger charge is 2.30. The summed E-state index contributed by atoms with van der Waals surface area (Å²) < 4.78 is 1.48. The molecule has 2 heterocycles. The molecule has 8 nitrogen and oxygen atoms in total. The summed E-state index contributed by atoms with van der Waals surface area (Å²) in [5.74, 6) is -0.904. The third-order valence-electron chi connectivity index (χ3n) is 4.34. The number of hydrogen-bond acceptors (Lipinski definition) is 5. The van der Waals surface area contributed by atoms with Gasteiger partial charge in [0.15, 0.2) is 5.88 Å². The van der Waals surface area contributed by atoms with E-state index in [1.165, 1.54) is 4.57 Å². The van der Waals surface area contributed by atoms with E-state index in [0.717, 1.165) is 10.9 Å². The Kier molecular flexibility index (Phi) is 4.71. The van der Waals surface area contributed by atoms with Gasteiger partial charge in [-0.05, 0) is 18.1 Å². The van der Waals surface area contributed by atoms with Gasteiger partial charge in [0.05, 0.1) is 0 Å². The molecule has 1 aliphatic rings. The van der Waals surface area contributed by atoms with E-state index in [0.29, 0.717) is 18.4 Å². The first kappa shape index (κ1) is 17.0. The maximum Gasteiger partial charge on any atom is 0.249 e. The standard InChI is InChI=1S/C17H20N4O4/c18-7-6-14(22)19-8-10-2-1-3-11-12(10)9-21(17(11)25)13-4-5-15(23)20-16(13)24/h1-3,9,13,25H,4-8,18H2,(H,19,22)(H,20,23,24). The van der Waals surface area contributed by atoms with Crippen molar-refractivity contribution in [3.63, 3.8) is 0 Å². The largest absolute Gasteiger partial charge is 0.494 e. The number of carbonyl (C=O) groups excluding carboxylic acids is 3. The molecular formula is C17H20N4O4. The van der Waals surface area contributed by atoms with Crippen molar-refractivity contribution in [3.8, 4) is 5.88 Å². The molecule has 1 unspecified atom stereocenters. The first-order chi connectivity index (χ1) is 12.0. The van der Waals surface area contributed by atoms with Gasteiger partial charge in [0, 0.05) is 42.9 Å². The van der Waals surface area contributed by atoms with Crippen LogP contribution in [0.2, 0.25) is 0 Å². The van der Waals surface area contributed by atoms with Crippen LogP contribution in [-0.4, -0.2) is 33.9 Å². The number of nitrogens with two attached hydrogens (primary N) is 1. The zero-order chi connectivity index (χ0) is 18.0. The molecule has 3 amide bonds. The van der Waals surface area contributed by atoms with Crippen LogP contribution in [0, 0.1) is 0 Å². The Morgan fingerprint density at radius 2 is 2.16 bits per heavy atom. The van der Waals surface area contributed by atoms with E-state index in [4.69, 9.17) is 5.73 Å². The van der Waals surface area contributed by atoms with E-state index < -0.39 is 11.9 Å². The van der Waals surface area contributed by atoms with E-state index >= 15 is 0 Å². The molecule has 0 spiro atoms. The fraction of sp³-hybridized carbons (Fsp3) is 0.353. The summed E-state index contributed by atoms with van der Waals surface area (Å²) in [5.41, 5.74) is 6.18. The maximum atomic E-state index is 12.1. The van der Waals surface area contributed by atoms with E-state index in [1.807, 2.05) is 6.07 Å². The fourth-order valence-electron chi connectivity index (χ4n) is 3.05. The molecule has 1 aliphatic heterocycles. The Hall–Kier alpha value is -2.87. The number of aromatic nitrogens is 1. The molecule has 2 aromatic rings. The number of aromatic hydroxyl groups is 1. The Balaban J connectivity index is 1.91. The van der Waals surface area contributed by atoms with E-state index in [2.05, 4.69) is 10.6 Å². The number of hydrogen-bond donors (Lipinski definition) is 4. The minimum absolute atomic E-state index is 0.0281. The van der Waals surface area contributed by atoms with Crippen LogP contribution in [0.3, 0.4) is 0 Å². The maximum absolute atomic E-state index is 12.1. The van der Waals surface area contributed by atoms with Crippen molar-refractivity contribution in [3.05, 3.63) is 30.0 Å². The highest BCUT2D eigenvalue weighted by atomic mass is 16.3. The van der Waals surface area contributed by atoms with Crippen LogP contribution in [0.15, 0.2) is 24.4 Å². The molecule has 1 atom stereocenters. The number of nitrogens with zero attached hydrogens (tertiary/aromatic N) is 1. The average molecular weight is 344 g/mol. The number of piperidine rings is 1. The number of nitrogens with one attached hydrogen (secondary N) is 2. The van der Waals surface area contributed by atoms with Crippen LogP contribution in [0.1, 0.15) is 30.9 Å². The normalized spacial score (nSPS) is 17.6. The molecule has 1 saturated heterocycles. The van der Waals surface area contributed by atoms with Crippen molar-refractivity contribution >= 4 is 28.5 Å². The van der Waals surface area contributed by atoms with E-state index in [-0.39, 0.29) is 37.1 Å². The predicted octanol–water partition coefficient (Wildman–Crippen LogP) is 0.290. The molecule has 0 radical (unpaired) electrons. The second-order valence-corrected chi connectivity index (χ2v) is 6.02. The lowest BCUT2D eigenvalue weighted by Gasteiger charge is -2.22. The second kappa shape index (κ2) is 6.94. The van der Waals surface area contributed by atoms with Gasteiger partial charge >= 0.3 is 0 Å². The molecule has 25 heavy (non-hydrogen) atoms. The minimum Gasteiger partial charge on any atom is -0.494 e. The monoisotopic (exact) mass is 344 g/mol. The van der Waals surface area contributed by atoms with Crippen LogP contribution in [0.25, 0.3) is 10.8 Å². The van der Waals surface area contributed by atoms with Crippen molar-refractivity contribution < 1.29 is 19.5 Å². The number of carbonyl (C=O) groups is 3. The first-order valence-corrected chi connectivity index (χ1v) is 8.13. The Morgan fingerprint density at radius 3 is 2.88 bits per heavy atom. The average Bonchev–Trinajstić information content (AvgIpc) is 2.91. The van der Waals surface area contributed by atoms with Crippen molar-refractivity contribution in [1.82, 2.24) is 15.2 Å². The summed E-state index contributed by atoms with van der Waals surface area (Å²) in [7, 11) is 0. The molecule has 0 bridgehead atoms. The predicted molar refractivity (Wildman–Crippen MR) is 90.5 cm³/mol. The van der Waals surface area contributed by atoms with E-state index in [1.54, 1.807) is 18.3 Å². The van der Waals surface area contributed by atoms with Crippen molar-refractivity contribution in [2.45, 2.75) is 31.8 Å². The quantitative estimate of drug-likeness (QED) is 0.580. The number of imide groups is 1. The highest BCUT2D eigenvalue weighted by molar-refractivity contribution is 6.00. The van der Waals surface area contributed by atoms with Gasteiger partial charge in [-0.1, -0.05) is 12.1 Å². The van der Waals surface area contributed by atoms with Gasteiger partial charge in [-0.3, -0.25) is 19.7 Å². The zero-order valence-electron chi connectivity index (χ0n) is 13.6. The Labute approximate surface area is 144 Å². The minimum atomic E-state index is -0.634. The number of benzene rings is 1. The lowest BCUT2D eigenvalue weighted by atomic mass is 10.1. The molecule has 1 aromatic carbocycles. The molecule has 1 aromatic heterocycles. The van der Waals surface area contributed by atoms with Crippen LogP contribution < -0.4 is 16.4 Å². The molecule has 0 saturated carbocycles. The van der Waals surface area contributed by atoms with Gasteiger partial charge in [-0.15, -0.1) is 0 Å². The summed E-state index contributed by atoms with van der Waals surface area (Å²) in [6.07, 6.45) is 2.50. The van der Waals surface area contributed by atoms with Gasteiger partial charge in [0.2, 0.25) is 17.7 Å². The number of amides is 3.